The van der Waals surface area contributed by atoms with Crippen molar-refractivity contribution in [1.82, 2.24) is 15.0 Å². The zero-order valence-corrected chi connectivity index (χ0v) is 9.03. The van der Waals surface area contributed by atoms with Crippen molar-refractivity contribution in [2.24, 2.45) is 5.92 Å². The summed E-state index contributed by atoms with van der Waals surface area (Å²) in [4.78, 5) is 11.8. The van der Waals surface area contributed by atoms with E-state index in [0.717, 1.165) is 19.4 Å². The molecule has 1 unspecified atom stereocenters. The van der Waals surface area contributed by atoms with Gasteiger partial charge < -0.3 is 0 Å². The topological polar surface area (TPSA) is 47.8 Å². The number of carbonyl (C=O) groups is 1. The molecular weight excluding hydrogens is 178 g/mol. The molecule has 0 saturated carbocycles. The molecule has 0 aliphatic heterocycles. The Morgan fingerprint density at radius 1 is 1.57 bits per heavy atom. The van der Waals surface area contributed by atoms with Gasteiger partial charge in [0.2, 0.25) is 0 Å². The minimum atomic E-state index is 0.0594. The van der Waals surface area contributed by atoms with Gasteiger partial charge in [0.15, 0.2) is 5.78 Å². The van der Waals surface area contributed by atoms with Gasteiger partial charge in [0, 0.05) is 12.5 Å². The van der Waals surface area contributed by atoms with Gasteiger partial charge in [-0.2, -0.15) is 0 Å². The van der Waals surface area contributed by atoms with E-state index in [4.69, 9.17) is 0 Å². The van der Waals surface area contributed by atoms with Crippen LogP contribution in [0.4, 0.5) is 0 Å². The molecule has 0 aromatic carbocycles. The summed E-state index contributed by atoms with van der Waals surface area (Å²) < 4.78 is 1.69. The lowest BCUT2D eigenvalue weighted by molar-refractivity contribution is 0.0916. The number of aryl methyl sites for hydroxylation is 1. The Balaban J connectivity index is 2.83. The summed E-state index contributed by atoms with van der Waals surface area (Å²) >= 11 is 0. The number of hydrogen-bond donors (Lipinski definition) is 0. The normalized spacial score (nSPS) is 12.8. The largest absolute Gasteiger partial charge is 0.292 e. The molecule has 0 bridgehead atoms. The second-order valence-electron chi connectivity index (χ2n) is 3.52. The van der Waals surface area contributed by atoms with Crippen LogP contribution in [-0.4, -0.2) is 20.8 Å². The smallest absolute Gasteiger partial charge is 0.185 e. The van der Waals surface area contributed by atoms with Gasteiger partial charge in [0.25, 0.3) is 0 Å². The van der Waals surface area contributed by atoms with E-state index in [-0.39, 0.29) is 11.7 Å². The van der Waals surface area contributed by atoms with Crippen molar-refractivity contribution in [3.63, 3.8) is 0 Å². The average molecular weight is 195 g/mol. The maximum atomic E-state index is 11.8. The third-order valence-corrected chi connectivity index (χ3v) is 2.37. The third-order valence-electron chi connectivity index (χ3n) is 2.37. The highest BCUT2D eigenvalue weighted by molar-refractivity contribution is 5.95. The predicted molar refractivity (Wildman–Crippen MR) is 54.1 cm³/mol. The first-order valence-electron chi connectivity index (χ1n) is 5.13. The molecule has 0 fully saturated rings. The molecule has 0 radical (unpaired) electrons. The molecule has 0 N–H and O–H groups in total. The fourth-order valence-corrected chi connectivity index (χ4v) is 1.26. The van der Waals surface area contributed by atoms with E-state index in [2.05, 4.69) is 17.2 Å². The molecule has 0 aliphatic rings. The van der Waals surface area contributed by atoms with Crippen LogP contribution in [-0.2, 0) is 6.54 Å². The SMILES string of the molecule is CCCn1nncc1C(=O)C(C)CC. The van der Waals surface area contributed by atoms with Crippen LogP contribution in [0.25, 0.3) is 0 Å². The zero-order chi connectivity index (χ0) is 10.6. The number of Topliss-reactive ketones (excluding diaryl/α,β-unsaturated/α-hetero) is 1. The highest BCUT2D eigenvalue weighted by Crippen LogP contribution is 2.10. The maximum absolute atomic E-state index is 11.8. The van der Waals surface area contributed by atoms with E-state index in [1.165, 1.54) is 0 Å². The Hall–Kier alpha value is -1.19. The first-order valence-corrected chi connectivity index (χ1v) is 5.13. The van der Waals surface area contributed by atoms with Gasteiger partial charge in [0.1, 0.15) is 5.69 Å². The first-order chi connectivity index (χ1) is 6.70. The van der Waals surface area contributed by atoms with Crippen molar-refractivity contribution in [2.75, 3.05) is 0 Å². The summed E-state index contributed by atoms with van der Waals surface area (Å²) in [6.07, 6.45) is 3.38. The molecular formula is C10H17N3O. The lowest BCUT2D eigenvalue weighted by atomic mass is 10.0. The molecule has 0 amide bonds. The van der Waals surface area contributed by atoms with Gasteiger partial charge in [-0.15, -0.1) is 5.10 Å². The van der Waals surface area contributed by atoms with Crippen LogP contribution >= 0.6 is 0 Å². The van der Waals surface area contributed by atoms with Crippen LogP contribution in [0.3, 0.4) is 0 Å². The van der Waals surface area contributed by atoms with Crippen LogP contribution in [0.2, 0.25) is 0 Å². The minimum absolute atomic E-state index is 0.0594. The maximum Gasteiger partial charge on any atom is 0.185 e. The van der Waals surface area contributed by atoms with Crippen molar-refractivity contribution in [1.29, 1.82) is 0 Å². The lowest BCUT2D eigenvalue weighted by Crippen LogP contribution is -2.16. The standard InChI is InChI=1S/C10H17N3O/c1-4-6-13-9(7-11-12-13)10(14)8(3)5-2/h7-8H,4-6H2,1-3H3. The number of hydrogen-bond acceptors (Lipinski definition) is 3. The van der Waals surface area contributed by atoms with E-state index < -0.39 is 0 Å². The Bertz CT molecular complexity index is 306. The number of carbonyl (C=O) groups excluding carboxylic acids is 1. The zero-order valence-electron chi connectivity index (χ0n) is 9.03. The molecule has 1 heterocycles. The number of ketones is 1. The highest BCUT2D eigenvalue weighted by Gasteiger charge is 2.17. The molecule has 1 rings (SSSR count). The quantitative estimate of drug-likeness (QED) is 0.674. The summed E-state index contributed by atoms with van der Waals surface area (Å²) in [5.41, 5.74) is 0.640. The van der Waals surface area contributed by atoms with Crippen LogP contribution in [0.1, 0.15) is 44.1 Å². The Morgan fingerprint density at radius 3 is 2.86 bits per heavy atom. The number of rotatable bonds is 5. The van der Waals surface area contributed by atoms with E-state index in [9.17, 15) is 4.79 Å². The first kappa shape index (κ1) is 10.9. The van der Waals surface area contributed by atoms with Crippen molar-refractivity contribution >= 4 is 5.78 Å². The van der Waals surface area contributed by atoms with Crippen molar-refractivity contribution < 1.29 is 4.79 Å². The molecule has 14 heavy (non-hydrogen) atoms. The van der Waals surface area contributed by atoms with Crippen molar-refractivity contribution in [3.8, 4) is 0 Å². The average Bonchev–Trinajstić information content (AvgIpc) is 2.64. The Kier molecular flexibility index (Phi) is 3.80. The van der Waals surface area contributed by atoms with Crippen LogP contribution in [0.5, 0.6) is 0 Å². The van der Waals surface area contributed by atoms with E-state index in [0.29, 0.717) is 5.69 Å². The molecule has 0 saturated heterocycles. The van der Waals surface area contributed by atoms with Crippen LogP contribution in [0.15, 0.2) is 6.20 Å². The lowest BCUT2D eigenvalue weighted by Gasteiger charge is -2.07. The summed E-state index contributed by atoms with van der Waals surface area (Å²) in [6.45, 7) is 6.76. The van der Waals surface area contributed by atoms with E-state index in [1.807, 2.05) is 13.8 Å². The van der Waals surface area contributed by atoms with Gasteiger partial charge in [-0.3, -0.25) is 4.79 Å². The molecule has 1 atom stereocenters. The second-order valence-corrected chi connectivity index (χ2v) is 3.52. The van der Waals surface area contributed by atoms with Gasteiger partial charge in [0.05, 0.1) is 6.20 Å². The molecule has 0 spiro atoms. The summed E-state index contributed by atoms with van der Waals surface area (Å²) in [7, 11) is 0. The molecule has 0 aliphatic carbocycles. The third kappa shape index (κ3) is 2.19. The summed E-state index contributed by atoms with van der Waals surface area (Å²) in [5, 5.41) is 7.66. The van der Waals surface area contributed by atoms with Gasteiger partial charge in [-0.25, -0.2) is 4.68 Å². The monoisotopic (exact) mass is 195 g/mol. The molecule has 1 aromatic rings. The fraction of sp³-hybridized carbons (Fsp3) is 0.700. The van der Waals surface area contributed by atoms with Gasteiger partial charge in [-0.05, 0) is 12.8 Å². The number of nitrogens with zero attached hydrogens (tertiary/aromatic N) is 3. The predicted octanol–water partition coefficient (Wildman–Crippen LogP) is 1.92. The summed E-state index contributed by atoms with van der Waals surface area (Å²) in [5.74, 6) is 0.204. The van der Waals surface area contributed by atoms with Gasteiger partial charge >= 0.3 is 0 Å². The molecule has 1 aromatic heterocycles. The second kappa shape index (κ2) is 4.88. The Labute approximate surface area is 84.3 Å². The van der Waals surface area contributed by atoms with Crippen LogP contribution < -0.4 is 0 Å². The summed E-state index contributed by atoms with van der Waals surface area (Å²) in [6, 6.07) is 0. The minimum Gasteiger partial charge on any atom is -0.292 e. The fourth-order valence-electron chi connectivity index (χ4n) is 1.26. The van der Waals surface area contributed by atoms with E-state index in [1.54, 1.807) is 10.9 Å². The molecule has 4 nitrogen and oxygen atoms in total. The van der Waals surface area contributed by atoms with Crippen LogP contribution in [0, 0.1) is 5.92 Å². The Morgan fingerprint density at radius 2 is 2.29 bits per heavy atom. The number of aromatic nitrogens is 3. The van der Waals surface area contributed by atoms with Crippen molar-refractivity contribution in [2.45, 2.75) is 40.2 Å². The van der Waals surface area contributed by atoms with E-state index >= 15 is 0 Å². The van der Waals surface area contributed by atoms with Crippen molar-refractivity contribution in [3.05, 3.63) is 11.9 Å². The molecule has 78 valence electrons. The molecule has 4 heteroatoms. The highest BCUT2D eigenvalue weighted by atomic mass is 16.1. The van der Waals surface area contributed by atoms with Gasteiger partial charge in [-0.1, -0.05) is 26.0 Å².